The molecule has 2 fully saturated rings. The van der Waals surface area contributed by atoms with Crippen molar-refractivity contribution in [2.45, 2.75) is 43.9 Å². The maximum atomic E-state index is 14.1. The van der Waals surface area contributed by atoms with E-state index in [1.54, 1.807) is 18.5 Å². The van der Waals surface area contributed by atoms with Crippen molar-refractivity contribution >= 4 is 11.6 Å². The second kappa shape index (κ2) is 9.26. The first kappa shape index (κ1) is 26.2. The number of likely N-dealkylation sites (tertiary alicyclic amines) is 1. The first-order valence-corrected chi connectivity index (χ1v) is 13.0. The van der Waals surface area contributed by atoms with Crippen molar-refractivity contribution in [2.75, 3.05) is 13.1 Å². The molecular weight excluding hydrogens is 525 g/mol. The molecule has 2 aliphatic rings. The molecule has 9 nitrogen and oxygen atoms in total. The number of aliphatic hydroxyl groups is 1. The van der Waals surface area contributed by atoms with Gasteiger partial charge in [-0.15, -0.1) is 10.2 Å². The van der Waals surface area contributed by atoms with Gasteiger partial charge in [-0.25, -0.2) is 4.98 Å². The van der Waals surface area contributed by atoms with Crippen molar-refractivity contribution in [1.82, 2.24) is 29.0 Å². The summed E-state index contributed by atoms with van der Waals surface area (Å²) in [5.74, 6) is 0.580. The molecule has 4 heterocycles. The van der Waals surface area contributed by atoms with Crippen molar-refractivity contribution in [3.05, 3.63) is 81.9 Å². The lowest BCUT2D eigenvalue weighted by Crippen LogP contribution is -2.43. The number of fused-ring (bicyclic) bond motifs is 1. The van der Waals surface area contributed by atoms with E-state index in [2.05, 4.69) is 22.1 Å². The molecule has 12 heteroatoms. The predicted octanol–water partition coefficient (Wildman–Crippen LogP) is 3.43. The van der Waals surface area contributed by atoms with Crippen LogP contribution in [0.5, 0.6) is 0 Å². The number of aromatic nitrogens is 5. The Morgan fingerprint density at radius 2 is 1.98 bits per heavy atom. The normalized spacial score (nSPS) is 23.0. The van der Waals surface area contributed by atoms with E-state index in [9.17, 15) is 27.9 Å². The summed E-state index contributed by atoms with van der Waals surface area (Å²) in [6, 6.07) is 8.05. The first-order valence-electron chi connectivity index (χ1n) is 13.0. The topological polar surface area (TPSA) is 106 Å². The number of hydrogen-bond acceptors (Lipinski definition) is 6. The van der Waals surface area contributed by atoms with Gasteiger partial charge in [0.15, 0.2) is 5.65 Å². The highest BCUT2D eigenvalue weighted by Gasteiger charge is 2.48. The van der Waals surface area contributed by atoms with Crippen LogP contribution in [0.1, 0.15) is 53.5 Å². The molecule has 1 amide bonds. The van der Waals surface area contributed by atoms with Crippen LogP contribution < -0.4 is 5.56 Å². The summed E-state index contributed by atoms with van der Waals surface area (Å²) >= 11 is 0. The summed E-state index contributed by atoms with van der Waals surface area (Å²) in [4.78, 5) is 32.1. The number of hydrogen-bond donors (Lipinski definition) is 1. The number of amides is 1. The zero-order valence-electron chi connectivity index (χ0n) is 21.9. The molecule has 1 aliphatic carbocycles. The van der Waals surface area contributed by atoms with Gasteiger partial charge < -0.3 is 14.6 Å². The van der Waals surface area contributed by atoms with Gasteiger partial charge in [0.25, 0.3) is 11.5 Å². The number of rotatable bonds is 4. The minimum absolute atomic E-state index is 0.0179. The number of pyridine rings is 1. The van der Waals surface area contributed by atoms with Crippen LogP contribution in [0.2, 0.25) is 0 Å². The average molecular weight is 553 g/mol. The fourth-order valence-corrected chi connectivity index (χ4v) is 6.20. The van der Waals surface area contributed by atoms with Crippen molar-refractivity contribution in [3.8, 4) is 11.1 Å². The lowest BCUT2D eigenvalue weighted by atomic mass is 9.58. The van der Waals surface area contributed by atoms with Gasteiger partial charge in [-0.2, -0.15) is 13.2 Å². The molecule has 1 N–H and O–H groups in total. The molecule has 1 saturated carbocycles. The first-order chi connectivity index (χ1) is 19.0. The largest absolute Gasteiger partial charge is 0.420 e. The molecule has 6 rings (SSSR count). The molecule has 0 spiro atoms. The van der Waals surface area contributed by atoms with E-state index in [0.29, 0.717) is 17.9 Å². The van der Waals surface area contributed by atoms with Crippen LogP contribution in [0.25, 0.3) is 16.8 Å². The fraction of sp³-hybridized carbons (Fsp3) is 0.393. The third kappa shape index (κ3) is 4.17. The summed E-state index contributed by atoms with van der Waals surface area (Å²) in [7, 11) is 1.88. The van der Waals surface area contributed by atoms with E-state index < -0.39 is 40.4 Å². The maximum Gasteiger partial charge on any atom is 0.420 e. The molecule has 1 atom stereocenters. The number of nitrogens with zero attached hydrogens (tertiary/aromatic N) is 6. The molecule has 0 bridgehead atoms. The number of aliphatic hydroxyl groups excluding tert-OH is 1. The van der Waals surface area contributed by atoms with Crippen LogP contribution in [-0.2, 0) is 18.6 Å². The van der Waals surface area contributed by atoms with E-state index in [-0.39, 0.29) is 24.2 Å². The zero-order chi connectivity index (χ0) is 28.4. The van der Waals surface area contributed by atoms with Gasteiger partial charge in [0.2, 0.25) is 0 Å². The summed E-state index contributed by atoms with van der Waals surface area (Å²) in [5, 5.41) is 18.2. The van der Waals surface area contributed by atoms with Crippen molar-refractivity contribution in [2.24, 2.45) is 13.0 Å². The molecular formula is C28H27F3N6O3. The molecule has 3 aromatic heterocycles. The Balaban J connectivity index is 1.48. The Bertz CT molecular complexity index is 1690. The van der Waals surface area contributed by atoms with Gasteiger partial charge in [-0.3, -0.25) is 14.0 Å². The van der Waals surface area contributed by atoms with E-state index in [4.69, 9.17) is 0 Å². The van der Waals surface area contributed by atoms with E-state index in [0.717, 1.165) is 47.1 Å². The molecule has 1 aliphatic heterocycles. The minimum Gasteiger partial charge on any atom is -0.391 e. The molecule has 4 aromatic rings. The predicted molar refractivity (Wildman–Crippen MR) is 139 cm³/mol. The second-order valence-electron chi connectivity index (χ2n) is 10.9. The SMILES string of the molecule is CC1CC(c2cccc(-c3cnc4c(C(F)(F)F)cc(C(=O)N5CC[C@H](O)C5)cn4c3=O)c2)(c2nncn2C)C1. The lowest BCUT2D eigenvalue weighted by Gasteiger charge is -2.46. The molecule has 1 saturated heterocycles. The van der Waals surface area contributed by atoms with Gasteiger partial charge in [-0.05, 0) is 48.4 Å². The van der Waals surface area contributed by atoms with Gasteiger partial charge >= 0.3 is 6.18 Å². The third-order valence-electron chi connectivity index (χ3n) is 8.06. The highest BCUT2D eigenvalue weighted by molar-refractivity contribution is 5.95. The van der Waals surface area contributed by atoms with E-state index in [1.807, 2.05) is 23.7 Å². The Labute approximate surface area is 226 Å². The van der Waals surface area contributed by atoms with Gasteiger partial charge in [-0.1, -0.05) is 25.1 Å². The number of β-amino-alcohol motifs (C(OH)–C–C–N with tert-alkyl or cyclic N) is 1. The monoisotopic (exact) mass is 552 g/mol. The Morgan fingerprint density at radius 3 is 2.60 bits per heavy atom. The molecule has 208 valence electrons. The standard InChI is InChI=1S/C28H27F3N6O3/c1-16-10-27(11-16,26-34-33-15-35(26)2)19-5-3-4-17(8-19)21-12-32-23-22(28(29,30)31)9-18(13-37(23)25(21)40)24(39)36-7-6-20(38)14-36/h3-5,8-9,12-13,15-16,20,38H,6-7,10-11,14H2,1-2H3/t16?,20-,27?/m0/s1. The Kier molecular flexibility index (Phi) is 6.06. The zero-order valence-corrected chi connectivity index (χ0v) is 21.9. The third-order valence-corrected chi connectivity index (χ3v) is 8.06. The summed E-state index contributed by atoms with van der Waals surface area (Å²) in [6.07, 6.45) is 0.324. The molecule has 40 heavy (non-hydrogen) atoms. The van der Waals surface area contributed by atoms with Gasteiger partial charge in [0.05, 0.1) is 28.2 Å². The van der Waals surface area contributed by atoms with Crippen LogP contribution in [0.4, 0.5) is 13.2 Å². The van der Waals surface area contributed by atoms with Gasteiger partial charge in [0, 0.05) is 32.5 Å². The van der Waals surface area contributed by atoms with Crippen LogP contribution in [0.3, 0.4) is 0 Å². The van der Waals surface area contributed by atoms with Gasteiger partial charge in [0.1, 0.15) is 12.2 Å². The Hall–Kier alpha value is -4.06. The van der Waals surface area contributed by atoms with Crippen molar-refractivity contribution in [1.29, 1.82) is 0 Å². The molecule has 1 aromatic carbocycles. The quantitative estimate of drug-likeness (QED) is 0.416. The van der Waals surface area contributed by atoms with Crippen LogP contribution >= 0.6 is 0 Å². The summed E-state index contributed by atoms with van der Waals surface area (Å²) in [6.45, 7) is 2.38. The fourth-order valence-electron chi connectivity index (χ4n) is 6.20. The molecule has 0 radical (unpaired) electrons. The van der Waals surface area contributed by atoms with Crippen LogP contribution in [0, 0.1) is 5.92 Å². The van der Waals surface area contributed by atoms with E-state index in [1.165, 1.54) is 4.90 Å². The van der Waals surface area contributed by atoms with Crippen molar-refractivity contribution in [3.63, 3.8) is 0 Å². The minimum atomic E-state index is -4.85. The highest BCUT2D eigenvalue weighted by atomic mass is 19.4. The summed E-state index contributed by atoms with van der Waals surface area (Å²) in [5.41, 5.74) is -1.65. The number of alkyl halides is 3. The number of carbonyl (C=O) groups is 1. The molecule has 0 unspecified atom stereocenters. The Morgan fingerprint density at radius 1 is 1.20 bits per heavy atom. The summed E-state index contributed by atoms with van der Waals surface area (Å²) < 4.78 is 44.8. The lowest BCUT2D eigenvalue weighted by molar-refractivity contribution is -0.136. The number of carbonyl (C=O) groups excluding carboxylic acids is 1. The van der Waals surface area contributed by atoms with E-state index >= 15 is 0 Å². The smallest absolute Gasteiger partial charge is 0.391 e. The van der Waals surface area contributed by atoms with Crippen LogP contribution in [-0.4, -0.2) is 59.3 Å². The highest BCUT2D eigenvalue weighted by Crippen LogP contribution is 2.51. The number of halogens is 3. The number of aryl methyl sites for hydroxylation is 1. The maximum absolute atomic E-state index is 14.1. The van der Waals surface area contributed by atoms with Crippen molar-refractivity contribution < 1.29 is 23.1 Å². The average Bonchev–Trinajstić information content (AvgIpc) is 3.53. The van der Waals surface area contributed by atoms with Crippen LogP contribution in [0.15, 0.2) is 53.8 Å². The second-order valence-corrected chi connectivity index (χ2v) is 10.9. The number of benzene rings is 1.